The highest BCUT2D eigenvalue weighted by Gasteiger charge is 2.30. The van der Waals surface area contributed by atoms with Gasteiger partial charge in [0, 0.05) is 18.5 Å². The number of nitrogens with zero attached hydrogens (tertiary/aromatic N) is 4. The van der Waals surface area contributed by atoms with E-state index in [1.165, 1.54) is 11.3 Å². The Balaban J connectivity index is 1.40. The molecule has 2 aromatic carbocycles. The van der Waals surface area contributed by atoms with Gasteiger partial charge in [0.25, 0.3) is 5.91 Å². The lowest BCUT2D eigenvalue weighted by Gasteiger charge is -2.13. The summed E-state index contributed by atoms with van der Waals surface area (Å²) in [6.45, 7) is 2.12. The van der Waals surface area contributed by atoms with E-state index in [4.69, 9.17) is 12.2 Å². The molecule has 0 aliphatic rings. The molecule has 2 heterocycles. The molecule has 0 spiro atoms. The number of amides is 1. The highest BCUT2D eigenvalue weighted by molar-refractivity contribution is 7.80. The number of hydrogen-bond donors (Lipinski definition) is 2. The summed E-state index contributed by atoms with van der Waals surface area (Å²) in [5.74, 6) is -9.41. The maximum Gasteiger partial charge on any atom is 0.263 e. The van der Waals surface area contributed by atoms with Crippen molar-refractivity contribution in [1.82, 2.24) is 30.4 Å². The number of aromatic nitrogens is 4. The number of rotatable bonds is 6. The maximum absolute atomic E-state index is 14.1. The number of carbonyl (C=O) groups excluding carboxylic acids is 1. The number of fused-ring (bicyclic) bond motifs is 1. The summed E-state index contributed by atoms with van der Waals surface area (Å²) in [5.41, 5.74) is 0.170. The quantitative estimate of drug-likeness (QED) is 0.225. The second kappa shape index (κ2) is 9.92. The molecule has 8 nitrogen and oxygen atoms in total. The third-order valence-electron chi connectivity index (χ3n) is 4.91. The van der Waals surface area contributed by atoms with Crippen molar-refractivity contribution in [2.75, 3.05) is 7.11 Å². The maximum atomic E-state index is 14.1. The predicted octanol–water partition coefficient (Wildman–Crippen LogP) is 3.78. The molecule has 0 atom stereocenters. The molecule has 182 valence electrons. The van der Waals surface area contributed by atoms with Gasteiger partial charge in [-0.05, 0) is 17.8 Å². The fourth-order valence-electron chi connectivity index (χ4n) is 3.14. The minimum atomic E-state index is -1.90. The van der Waals surface area contributed by atoms with Gasteiger partial charge in [-0.15, -0.1) is 10.2 Å². The lowest BCUT2D eigenvalue weighted by atomic mass is 10.1. The topological polar surface area (TPSA) is 93.4 Å². The first-order valence-electron chi connectivity index (χ1n) is 10.0. The predicted molar refractivity (Wildman–Crippen MR) is 123 cm³/mol. The van der Waals surface area contributed by atoms with E-state index in [9.17, 15) is 22.4 Å². The zero-order valence-corrected chi connectivity index (χ0v) is 19.8. The molecule has 2 N–H and O–H groups in total. The van der Waals surface area contributed by atoms with Crippen LogP contribution in [-0.2, 0) is 13.0 Å². The third-order valence-corrected chi connectivity index (χ3v) is 6.10. The summed E-state index contributed by atoms with van der Waals surface area (Å²) in [5, 5.41) is 17.8. The Morgan fingerprint density at radius 3 is 2.34 bits per heavy atom. The van der Waals surface area contributed by atoms with Crippen LogP contribution in [0.4, 0.5) is 17.6 Å². The highest BCUT2D eigenvalue weighted by atomic mass is 32.1. The average molecular weight is 525 g/mol. The van der Waals surface area contributed by atoms with Crippen LogP contribution in [0, 0.1) is 23.3 Å². The number of methoxy groups -OCH3 is 1. The second-order valence-corrected chi connectivity index (χ2v) is 8.43. The Morgan fingerprint density at radius 2 is 1.74 bits per heavy atom. The van der Waals surface area contributed by atoms with Crippen LogP contribution in [0.5, 0.6) is 5.75 Å². The highest BCUT2D eigenvalue weighted by Crippen LogP contribution is 2.30. The summed E-state index contributed by atoms with van der Waals surface area (Å²) in [6, 6.07) is 7.26. The van der Waals surface area contributed by atoms with Gasteiger partial charge < -0.3 is 10.1 Å². The summed E-state index contributed by atoms with van der Waals surface area (Å²) in [6.07, 6.45) is 0.701. The first kappa shape index (κ1) is 24.5. The summed E-state index contributed by atoms with van der Waals surface area (Å²) in [4.78, 5) is 12.9. The number of benzene rings is 2. The first-order valence-corrected chi connectivity index (χ1v) is 11.3. The van der Waals surface area contributed by atoms with E-state index in [1.54, 1.807) is 16.6 Å². The Hall–Kier alpha value is -3.65. The van der Waals surface area contributed by atoms with Gasteiger partial charge >= 0.3 is 0 Å². The third kappa shape index (κ3) is 4.66. The minimum Gasteiger partial charge on any atom is -0.491 e. The number of nitrogens with one attached hydrogen (secondary N) is 2. The average Bonchev–Trinajstić information content (AvgIpc) is 3.43. The normalized spacial score (nSPS) is 11.0. The van der Waals surface area contributed by atoms with Crippen molar-refractivity contribution in [2.24, 2.45) is 0 Å². The SMILES string of the molecule is CCc1nnc2sc(-c3ccc(CNC(=S)NC(=O)c4c(F)c(F)c(OC)c(F)c4F)cc3)nn12. The largest absolute Gasteiger partial charge is 0.491 e. The van der Waals surface area contributed by atoms with E-state index in [0.717, 1.165) is 29.1 Å². The molecular weight excluding hydrogens is 508 g/mol. The molecule has 0 saturated carbocycles. The number of carbonyl (C=O) groups is 1. The van der Waals surface area contributed by atoms with Gasteiger partial charge in [0.05, 0.1) is 7.11 Å². The van der Waals surface area contributed by atoms with Crippen LogP contribution >= 0.6 is 23.6 Å². The van der Waals surface area contributed by atoms with E-state index in [-0.39, 0.29) is 11.7 Å². The van der Waals surface area contributed by atoms with Crippen molar-refractivity contribution >= 4 is 39.5 Å². The molecular formula is C21H16F4N6O2S2. The minimum absolute atomic E-state index is 0.154. The van der Waals surface area contributed by atoms with E-state index >= 15 is 0 Å². The van der Waals surface area contributed by atoms with Crippen molar-refractivity contribution in [3.05, 3.63) is 64.5 Å². The molecule has 0 aliphatic heterocycles. The zero-order chi connectivity index (χ0) is 25.3. The van der Waals surface area contributed by atoms with E-state index in [2.05, 4.69) is 25.3 Å². The van der Waals surface area contributed by atoms with Crippen LogP contribution in [0.1, 0.15) is 28.7 Å². The Labute approximate surface area is 204 Å². The summed E-state index contributed by atoms with van der Waals surface area (Å²) >= 11 is 6.35. The van der Waals surface area contributed by atoms with Crippen LogP contribution in [0.15, 0.2) is 24.3 Å². The van der Waals surface area contributed by atoms with Crippen molar-refractivity contribution in [1.29, 1.82) is 0 Å². The van der Waals surface area contributed by atoms with Crippen molar-refractivity contribution in [3.8, 4) is 16.3 Å². The lowest BCUT2D eigenvalue weighted by molar-refractivity contribution is 0.0965. The Bertz CT molecular complexity index is 1410. The van der Waals surface area contributed by atoms with Gasteiger partial charge in [0.1, 0.15) is 10.6 Å². The molecule has 4 rings (SSSR count). The molecule has 0 bridgehead atoms. The number of halogens is 4. The molecule has 0 fully saturated rings. The monoisotopic (exact) mass is 524 g/mol. The lowest BCUT2D eigenvalue weighted by Crippen LogP contribution is -2.39. The zero-order valence-electron chi connectivity index (χ0n) is 18.2. The van der Waals surface area contributed by atoms with Crippen LogP contribution in [0.2, 0.25) is 0 Å². The molecule has 4 aromatic rings. The molecule has 2 aromatic heterocycles. The van der Waals surface area contributed by atoms with E-state index < -0.39 is 40.5 Å². The molecule has 35 heavy (non-hydrogen) atoms. The van der Waals surface area contributed by atoms with Crippen LogP contribution in [0.3, 0.4) is 0 Å². The number of ether oxygens (including phenoxy) is 1. The van der Waals surface area contributed by atoms with Gasteiger partial charge in [0.2, 0.25) is 16.6 Å². The van der Waals surface area contributed by atoms with Crippen molar-refractivity contribution in [2.45, 2.75) is 19.9 Å². The first-order chi connectivity index (χ1) is 16.7. The summed E-state index contributed by atoms with van der Waals surface area (Å²) < 4.78 is 61.9. The van der Waals surface area contributed by atoms with Crippen LogP contribution in [0.25, 0.3) is 15.5 Å². The Kier molecular flexibility index (Phi) is 6.93. The number of hydrogen-bond acceptors (Lipinski definition) is 7. The molecule has 14 heteroatoms. The standard InChI is InChI=1S/C21H16F4N6O2S2/c1-3-11-28-29-21-31(11)30-19(35-21)10-6-4-9(5-7-10)8-26-20(34)27-18(32)12-13(22)15(24)17(33-2)16(25)14(12)23/h4-7H,3,8H2,1-2H3,(H2,26,27,32,34). The molecule has 0 unspecified atom stereocenters. The molecule has 0 aliphatic carbocycles. The van der Waals surface area contributed by atoms with E-state index in [1.807, 2.05) is 24.4 Å². The van der Waals surface area contributed by atoms with Gasteiger partial charge in [-0.1, -0.05) is 42.5 Å². The summed E-state index contributed by atoms with van der Waals surface area (Å²) in [7, 11) is 0.834. The van der Waals surface area contributed by atoms with Crippen LogP contribution < -0.4 is 15.4 Å². The smallest absolute Gasteiger partial charge is 0.263 e. The van der Waals surface area contributed by atoms with Gasteiger partial charge in [0.15, 0.2) is 28.3 Å². The van der Waals surface area contributed by atoms with Gasteiger partial charge in [-0.25, -0.2) is 8.78 Å². The molecule has 1 amide bonds. The van der Waals surface area contributed by atoms with Crippen LogP contribution in [-0.4, -0.2) is 37.9 Å². The number of aryl methyl sites for hydroxylation is 1. The Morgan fingerprint density at radius 1 is 1.09 bits per heavy atom. The molecule has 0 radical (unpaired) electrons. The molecule has 0 saturated heterocycles. The van der Waals surface area contributed by atoms with Crippen molar-refractivity contribution < 1.29 is 27.1 Å². The van der Waals surface area contributed by atoms with Gasteiger partial charge in [-0.3, -0.25) is 10.1 Å². The van der Waals surface area contributed by atoms with E-state index in [0.29, 0.717) is 11.4 Å². The fourth-order valence-corrected chi connectivity index (χ4v) is 4.17. The van der Waals surface area contributed by atoms with Gasteiger partial charge in [-0.2, -0.15) is 18.4 Å². The fraction of sp³-hybridized carbons (Fsp3) is 0.190. The number of thiocarbonyl (C=S) groups is 1. The second-order valence-electron chi connectivity index (χ2n) is 7.07. The van der Waals surface area contributed by atoms with Crippen molar-refractivity contribution in [3.63, 3.8) is 0 Å².